The van der Waals surface area contributed by atoms with Gasteiger partial charge in [0.25, 0.3) is 0 Å². The molecular weight excluding hydrogens is 309 g/mol. The van der Waals surface area contributed by atoms with E-state index in [1.54, 1.807) is 6.07 Å². The molecule has 2 N–H and O–H groups in total. The summed E-state index contributed by atoms with van der Waals surface area (Å²) in [7, 11) is 0. The van der Waals surface area contributed by atoms with Crippen LogP contribution in [-0.2, 0) is 6.42 Å². The van der Waals surface area contributed by atoms with Crippen molar-refractivity contribution in [2.75, 3.05) is 6.54 Å². The number of fused-ring (bicyclic) bond motifs is 1. The first-order valence-electron chi connectivity index (χ1n) is 6.87. The molecule has 0 saturated heterocycles. The highest BCUT2D eigenvalue weighted by molar-refractivity contribution is 9.10. The van der Waals surface area contributed by atoms with Crippen LogP contribution in [0.3, 0.4) is 0 Å². The third-order valence-electron chi connectivity index (χ3n) is 3.73. The van der Waals surface area contributed by atoms with Gasteiger partial charge in [-0.05, 0) is 61.9 Å². The van der Waals surface area contributed by atoms with Gasteiger partial charge in [0, 0.05) is 10.5 Å². The summed E-state index contributed by atoms with van der Waals surface area (Å²) in [5.41, 5.74) is 1.92. The van der Waals surface area contributed by atoms with Crippen LogP contribution in [-0.4, -0.2) is 17.8 Å². The van der Waals surface area contributed by atoms with Crippen molar-refractivity contribution in [2.45, 2.75) is 45.3 Å². The Morgan fingerprint density at radius 3 is 2.89 bits per heavy atom. The van der Waals surface area contributed by atoms with Crippen LogP contribution in [0.4, 0.5) is 4.39 Å². The molecule has 0 amide bonds. The summed E-state index contributed by atoms with van der Waals surface area (Å²) in [6, 6.07) is 3.53. The van der Waals surface area contributed by atoms with E-state index in [4.69, 9.17) is 0 Å². The molecule has 0 spiro atoms. The van der Waals surface area contributed by atoms with Gasteiger partial charge in [-0.1, -0.05) is 22.9 Å². The van der Waals surface area contributed by atoms with Crippen molar-refractivity contribution in [1.29, 1.82) is 0 Å². The largest absolute Gasteiger partial charge is 0.393 e. The van der Waals surface area contributed by atoms with E-state index in [1.807, 2.05) is 6.92 Å². The molecule has 0 heterocycles. The summed E-state index contributed by atoms with van der Waals surface area (Å²) in [5, 5.41) is 12.9. The molecule has 3 atom stereocenters. The molecule has 1 aliphatic carbocycles. The Labute approximate surface area is 122 Å². The zero-order chi connectivity index (χ0) is 14.0. The van der Waals surface area contributed by atoms with E-state index < -0.39 is 0 Å². The lowest BCUT2D eigenvalue weighted by atomic mass is 10.0. The van der Waals surface area contributed by atoms with Crippen molar-refractivity contribution in [3.63, 3.8) is 0 Å². The Bertz CT molecular complexity index is 450. The maximum Gasteiger partial charge on any atom is 0.126 e. The van der Waals surface area contributed by atoms with Crippen LogP contribution >= 0.6 is 15.9 Å². The number of hydrogen-bond donors (Lipinski definition) is 2. The summed E-state index contributed by atoms with van der Waals surface area (Å²) in [6.45, 7) is 4.78. The van der Waals surface area contributed by atoms with E-state index in [9.17, 15) is 9.50 Å². The van der Waals surface area contributed by atoms with Crippen LogP contribution in [0.25, 0.3) is 0 Å². The van der Waals surface area contributed by atoms with Gasteiger partial charge in [-0.25, -0.2) is 4.39 Å². The molecule has 0 fully saturated rings. The Kier molecular flexibility index (Phi) is 4.98. The fourth-order valence-electron chi connectivity index (χ4n) is 2.89. The first kappa shape index (κ1) is 14.9. The van der Waals surface area contributed by atoms with Crippen molar-refractivity contribution < 1.29 is 9.50 Å². The van der Waals surface area contributed by atoms with Crippen molar-refractivity contribution in [3.05, 3.63) is 33.5 Å². The van der Waals surface area contributed by atoms with Crippen molar-refractivity contribution >= 4 is 15.9 Å². The summed E-state index contributed by atoms with van der Waals surface area (Å²) >= 11 is 3.52. The van der Waals surface area contributed by atoms with Crippen LogP contribution in [0.2, 0.25) is 0 Å². The average Bonchev–Trinajstić information content (AvgIpc) is 2.75. The Balaban J connectivity index is 2.01. The van der Waals surface area contributed by atoms with Crippen LogP contribution in [0.15, 0.2) is 16.6 Å². The molecule has 0 radical (unpaired) electrons. The Morgan fingerprint density at radius 2 is 2.21 bits per heavy atom. The average molecular weight is 330 g/mol. The highest BCUT2D eigenvalue weighted by Gasteiger charge is 2.27. The molecule has 106 valence electrons. The molecule has 0 saturated carbocycles. The van der Waals surface area contributed by atoms with Crippen LogP contribution in [0.1, 0.15) is 43.9 Å². The molecule has 1 aliphatic rings. The van der Waals surface area contributed by atoms with Crippen molar-refractivity contribution in [1.82, 2.24) is 5.32 Å². The molecule has 0 aromatic heterocycles. The van der Waals surface area contributed by atoms with Gasteiger partial charge in [-0.3, -0.25) is 0 Å². The maximum atomic E-state index is 13.7. The summed E-state index contributed by atoms with van der Waals surface area (Å²) in [4.78, 5) is 0. The van der Waals surface area contributed by atoms with Gasteiger partial charge < -0.3 is 10.4 Å². The van der Waals surface area contributed by atoms with Crippen molar-refractivity contribution in [3.8, 4) is 0 Å². The van der Waals surface area contributed by atoms with Crippen LogP contribution in [0, 0.1) is 11.7 Å². The number of nitrogens with one attached hydrogen (secondary N) is 1. The van der Waals surface area contributed by atoms with Gasteiger partial charge in [0.05, 0.1) is 6.10 Å². The van der Waals surface area contributed by atoms with Crippen molar-refractivity contribution in [2.24, 2.45) is 5.92 Å². The molecule has 0 bridgehead atoms. The predicted molar refractivity (Wildman–Crippen MR) is 78.6 cm³/mol. The summed E-state index contributed by atoms with van der Waals surface area (Å²) in [5.74, 6) is 0.316. The van der Waals surface area contributed by atoms with Crippen LogP contribution < -0.4 is 5.32 Å². The lowest BCUT2D eigenvalue weighted by Crippen LogP contribution is -2.26. The van der Waals surface area contributed by atoms with E-state index in [0.717, 1.165) is 41.4 Å². The molecule has 3 unspecified atom stereocenters. The molecule has 1 aromatic carbocycles. The monoisotopic (exact) mass is 329 g/mol. The smallest absolute Gasteiger partial charge is 0.126 e. The highest BCUT2D eigenvalue weighted by Crippen LogP contribution is 2.38. The number of halogens is 2. The number of hydrogen-bond acceptors (Lipinski definition) is 2. The second-order valence-corrected chi connectivity index (χ2v) is 6.47. The minimum Gasteiger partial charge on any atom is -0.393 e. The third-order valence-corrected chi connectivity index (χ3v) is 4.43. The normalized spacial score (nSPS) is 21.2. The number of aliphatic hydroxyl groups excluding tert-OH is 1. The molecule has 19 heavy (non-hydrogen) atoms. The Morgan fingerprint density at radius 1 is 1.47 bits per heavy atom. The second kappa shape index (κ2) is 6.33. The van der Waals surface area contributed by atoms with Gasteiger partial charge in [0.15, 0.2) is 0 Å². The fraction of sp³-hybridized carbons (Fsp3) is 0.600. The van der Waals surface area contributed by atoms with Gasteiger partial charge in [-0.2, -0.15) is 0 Å². The first-order valence-corrected chi connectivity index (χ1v) is 7.66. The first-order chi connectivity index (χ1) is 8.99. The molecule has 4 heteroatoms. The van der Waals surface area contributed by atoms with Gasteiger partial charge in [0.1, 0.15) is 5.82 Å². The molecular formula is C15H21BrFNO. The van der Waals surface area contributed by atoms with E-state index >= 15 is 0 Å². The molecule has 2 rings (SSSR count). The van der Waals surface area contributed by atoms with E-state index in [2.05, 4.69) is 28.2 Å². The van der Waals surface area contributed by atoms with Gasteiger partial charge >= 0.3 is 0 Å². The second-order valence-electron chi connectivity index (χ2n) is 5.61. The van der Waals surface area contributed by atoms with Gasteiger partial charge in [-0.15, -0.1) is 0 Å². The fourth-order valence-corrected chi connectivity index (χ4v) is 3.53. The number of aliphatic hydroxyl groups is 1. The zero-order valence-corrected chi connectivity index (χ0v) is 13.0. The van der Waals surface area contributed by atoms with Gasteiger partial charge in [0.2, 0.25) is 0 Å². The SMILES string of the molecule is CC(O)CC(C)CNC1CCc2c(F)ccc(Br)c21. The van der Waals surface area contributed by atoms with Crippen LogP contribution in [0.5, 0.6) is 0 Å². The molecule has 0 aliphatic heterocycles. The third kappa shape index (κ3) is 3.56. The van der Waals surface area contributed by atoms with E-state index in [0.29, 0.717) is 5.92 Å². The minimum absolute atomic E-state index is 0.0977. The number of benzene rings is 1. The summed E-state index contributed by atoms with van der Waals surface area (Å²) in [6.07, 6.45) is 2.26. The topological polar surface area (TPSA) is 32.3 Å². The lowest BCUT2D eigenvalue weighted by molar-refractivity contribution is 0.162. The lowest BCUT2D eigenvalue weighted by Gasteiger charge is -2.20. The Hall–Kier alpha value is -0.450. The predicted octanol–water partition coefficient (Wildman–Crippen LogP) is 3.57. The standard InChI is InChI=1S/C15H21BrFNO/c1-9(7-10(2)19)8-18-14-6-3-11-13(17)5-4-12(16)15(11)14/h4-5,9-10,14,18-19H,3,6-8H2,1-2H3. The highest BCUT2D eigenvalue weighted by atomic mass is 79.9. The van der Waals surface area contributed by atoms with E-state index in [1.165, 1.54) is 6.07 Å². The quantitative estimate of drug-likeness (QED) is 0.865. The number of rotatable bonds is 5. The minimum atomic E-state index is -0.267. The molecule has 1 aromatic rings. The van der Waals surface area contributed by atoms with E-state index in [-0.39, 0.29) is 18.0 Å². The maximum absolute atomic E-state index is 13.7. The zero-order valence-electron chi connectivity index (χ0n) is 11.4. The summed E-state index contributed by atoms with van der Waals surface area (Å²) < 4.78 is 14.7. The molecule has 2 nitrogen and oxygen atoms in total.